The Kier molecular flexibility index (Phi) is 6.34. The second kappa shape index (κ2) is 8.25. The van der Waals surface area contributed by atoms with Gasteiger partial charge in [-0.25, -0.2) is 4.79 Å². The number of benzene rings is 1. The van der Waals surface area contributed by atoms with E-state index in [4.69, 9.17) is 16.3 Å². The van der Waals surface area contributed by atoms with Gasteiger partial charge in [0.1, 0.15) is 0 Å². The zero-order valence-electron chi connectivity index (χ0n) is 12.8. The third kappa shape index (κ3) is 4.27. The van der Waals surface area contributed by atoms with Gasteiger partial charge in [0.05, 0.1) is 36.0 Å². The minimum atomic E-state index is -0.627. The Morgan fingerprint density at radius 3 is 2.77 bits per heavy atom. The Morgan fingerprint density at radius 2 is 2.14 bits per heavy atom. The Balaban J connectivity index is 2.23. The van der Waals surface area contributed by atoms with Crippen LogP contribution in [0.25, 0.3) is 0 Å². The lowest BCUT2D eigenvalue weighted by Gasteiger charge is -2.31. The van der Waals surface area contributed by atoms with Crippen LogP contribution >= 0.6 is 11.6 Å². The number of methoxy groups -OCH3 is 1. The maximum atomic E-state index is 11.7. The van der Waals surface area contributed by atoms with Crippen LogP contribution in [0.1, 0.15) is 29.6 Å². The number of aliphatic hydroxyl groups excluding tert-OH is 1. The first kappa shape index (κ1) is 16.9. The molecule has 2 rings (SSSR count). The molecule has 1 fully saturated rings. The van der Waals surface area contributed by atoms with Gasteiger partial charge in [0.25, 0.3) is 0 Å². The van der Waals surface area contributed by atoms with Crippen LogP contribution in [0.4, 0.5) is 11.4 Å². The van der Waals surface area contributed by atoms with Crippen molar-refractivity contribution in [3.8, 4) is 0 Å². The number of anilines is 2. The quantitative estimate of drug-likeness (QED) is 0.621. The summed E-state index contributed by atoms with van der Waals surface area (Å²) in [5.41, 5.74) is 2.37. The van der Waals surface area contributed by atoms with Gasteiger partial charge in [0, 0.05) is 19.6 Å². The molecular weight excluding hydrogens is 304 g/mol. The second-order valence-electron chi connectivity index (χ2n) is 5.46. The number of carbonyl (C=O) groups excluding carboxylic acids is 1. The first-order chi connectivity index (χ1) is 10.7. The highest BCUT2D eigenvalue weighted by Gasteiger charge is 2.17. The van der Waals surface area contributed by atoms with Crippen molar-refractivity contribution in [3.63, 3.8) is 0 Å². The zero-order chi connectivity index (χ0) is 15.9. The lowest BCUT2D eigenvalue weighted by molar-refractivity contribution is 0.0601. The summed E-state index contributed by atoms with van der Waals surface area (Å²) in [4.78, 5) is 14.0. The molecule has 5 nitrogen and oxygen atoms in total. The highest BCUT2D eigenvalue weighted by molar-refractivity contribution is 6.18. The van der Waals surface area contributed by atoms with Gasteiger partial charge in [-0.3, -0.25) is 0 Å². The van der Waals surface area contributed by atoms with Crippen molar-refractivity contribution in [3.05, 3.63) is 23.8 Å². The molecular formula is C16H23ClN2O3. The van der Waals surface area contributed by atoms with E-state index in [2.05, 4.69) is 10.2 Å². The van der Waals surface area contributed by atoms with Gasteiger partial charge in [0.15, 0.2) is 0 Å². The van der Waals surface area contributed by atoms with E-state index in [0.29, 0.717) is 12.1 Å². The normalized spacial score (nSPS) is 16.2. The average molecular weight is 327 g/mol. The molecule has 122 valence electrons. The van der Waals surface area contributed by atoms with Crippen LogP contribution in [-0.4, -0.2) is 49.8 Å². The van der Waals surface area contributed by atoms with E-state index in [0.717, 1.165) is 24.5 Å². The van der Waals surface area contributed by atoms with Crippen molar-refractivity contribution >= 4 is 28.9 Å². The van der Waals surface area contributed by atoms with E-state index in [1.54, 1.807) is 12.1 Å². The molecule has 1 aromatic rings. The SMILES string of the molecule is COC(=O)c1ccc(N2CCCCC2)c(NCC(O)CCl)c1. The Morgan fingerprint density at radius 1 is 1.41 bits per heavy atom. The summed E-state index contributed by atoms with van der Waals surface area (Å²) < 4.78 is 4.77. The number of hydrogen-bond donors (Lipinski definition) is 2. The van der Waals surface area contributed by atoms with Crippen LogP contribution in [0.5, 0.6) is 0 Å². The molecule has 0 saturated carbocycles. The van der Waals surface area contributed by atoms with Crippen molar-refractivity contribution < 1.29 is 14.6 Å². The largest absolute Gasteiger partial charge is 0.465 e. The minimum Gasteiger partial charge on any atom is -0.465 e. The van der Waals surface area contributed by atoms with Crippen molar-refractivity contribution in [2.24, 2.45) is 0 Å². The average Bonchev–Trinajstić information content (AvgIpc) is 2.59. The molecule has 1 aliphatic heterocycles. The van der Waals surface area contributed by atoms with Gasteiger partial charge < -0.3 is 20.1 Å². The summed E-state index contributed by atoms with van der Waals surface area (Å²) in [5.74, 6) is -0.200. The molecule has 0 radical (unpaired) electrons. The van der Waals surface area contributed by atoms with Crippen molar-refractivity contribution in [2.45, 2.75) is 25.4 Å². The highest BCUT2D eigenvalue weighted by Crippen LogP contribution is 2.30. The van der Waals surface area contributed by atoms with Crippen LogP contribution < -0.4 is 10.2 Å². The van der Waals surface area contributed by atoms with E-state index in [1.165, 1.54) is 26.4 Å². The zero-order valence-corrected chi connectivity index (χ0v) is 13.6. The van der Waals surface area contributed by atoms with Crippen LogP contribution in [0.2, 0.25) is 0 Å². The smallest absolute Gasteiger partial charge is 0.337 e. The minimum absolute atomic E-state index is 0.169. The van der Waals surface area contributed by atoms with Crippen molar-refractivity contribution in [1.82, 2.24) is 0 Å². The highest BCUT2D eigenvalue weighted by atomic mass is 35.5. The number of alkyl halides is 1. The number of nitrogens with zero attached hydrogens (tertiary/aromatic N) is 1. The van der Waals surface area contributed by atoms with Crippen molar-refractivity contribution in [2.75, 3.05) is 42.8 Å². The lowest BCUT2D eigenvalue weighted by Crippen LogP contribution is -2.31. The Hall–Kier alpha value is -1.46. The number of hydrogen-bond acceptors (Lipinski definition) is 5. The van der Waals surface area contributed by atoms with E-state index in [1.807, 2.05) is 6.07 Å². The summed E-state index contributed by atoms with van der Waals surface area (Å²) in [6.07, 6.45) is 2.97. The molecule has 1 heterocycles. The number of piperidine rings is 1. The maximum absolute atomic E-state index is 11.7. The number of aliphatic hydroxyl groups is 1. The van der Waals surface area contributed by atoms with Gasteiger partial charge in [-0.05, 0) is 37.5 Å². The van der Waals surface area contributed by atoms with Gasteiger partial charge in [-0.1, -0.05) is 0 Å². The Labute approximate surface area is 136 Å². The van der Waals surface area contributed by atoms with Crippen LogP contribution in [-0.2, 0) is 4.74 Å². The van der Waals surface area contributed by atoms with Gasteiger partial charge >= 0.3 is 5.97 Å². The molecule has 1 saturated heterocycles. The monoisotopic (exact) mass is 326 g/mol. The van der Waals surface area contributed by atoms with Gasteiger partial charge in [-0.15, -0.1) is 11.6 Å². The topological polar surface area (TPSA) is 61.8 Å². The number of nitrogens with one attached hydrogen (secondary N) is 1. The predicted octanol–water partition coefficient (Wildman–Crippen LogP) is 2.48. The lowest BCUT2D eigenvalue weighted by atomic mass is 10.1. The second-order valence-corrected chi connectivity index (χ2v) is 5.77. The van der Waals surface area contributed by atoms with Gasteiger partial charge in [-0.2, -0.15) is 0 Å². The first-order valence-electron chi connectivity index (χ1n) is 7.61. The summed E-state index contributed by atoms with van der Waals surface area (Å²) in [6.45, 7) is 2.35. The summed E-state index contributed by atoms with van der Waals surface area (Å²) >= 11 is 5.64. The molecule has 2 N–H and O–H groups in total. The number of halogens is 1. The molecule has 6 heteroatoms. The van der Waals surface area contributed by atoms with Crippen molar-refractivity contribution in [1.29, 1.82) is 0 Å². The summed E-state index contributed by atoms with van der Waals surface area (Å²) in [5, 5.41) is 12.8. The number of ether oxygens (including phenoxy) is 1. The molecule has 1 aliphatic rings. The molecule has 1 unspecified atom stereocenters. The fourth-order valence-electron chi connectivity index (χ4n) is 2.62. The maximum Gasteiger partial charge on any atom is 0.337 e. The molecule has 1 aromatic carbocycles. The fraction of sp³-hybridized carbons (Fsp3) is 0.562. The predicted molar refractivity (Wildman–Crippen MR) is 89.1 cm³/mol. The van der Waals surface area contributed by atoms with Crippen LogP contribution in [0, 0.1) is 0 Å². The van der Waals surface area contributed by atoms with Gasteiger partial charge in [0.2, 0.25) is 0 Å². The van der Waals surface area contributed by atoms with E-state index >= 15 is 0 Å². The summed E-state index contributed by atoms with van der Waals surface area (Å²) in [6, 6.07) is 5.49. The number of rotatable bonds is 6. The first-order valence-corrected chi connectivity index (χ1v) is 8.14. The van der Waals surface area contributed by atoms with E-state index in [9.17, 15) is 9.90 Å². The van der Waals surface area contributed by atoms with E-state index in [-0.39, 0.29) is 11.8 Å². The molecule has 0 bridgehead atoms. The molecule has 22 heavy (non-hydrogen) atoms. The third-order valence-corrected chi connectivity index (χ3v) is 4.18. The number of carbonyl (C=O) groups is 1. The standard InChI is InChI=1S/C16H23ClN2O3/c1-22-16(21)12-5-6-15(19-7-3-2-4-8-19)14(9-12)18-11-13(20)10-17/h5-6,9,13,18,20H,2-4,7-8,10-11H2,1H3. The molecule has 0 spiro atoms. The third-order valence-electron chi connectivity index (χ3n) is 3.82. The Bertz CT molecular complexity index is 504. The van der Waals surface area contributed by atoms with Crippen LogP contribution in [0.15, 0.2) is 18.2 Å². The number of esters is 1. The van der Waals surface area contributed by atoms with E-state index < -0.39 is 6.10 Å². The molecule has 1 atom stereocenters. The molecule has 0 amide bonds. The molecule has 0 aliphatic carbocycles. The summed E-state index contributed by atoms with van der Waals surface area (Å²) in [7, 11) is 1.37. The van der Waals surface area contributed by atoms with Crippen LogP contribution in [0.3, 0.4) is 0 Å². The fourth-order valence-corrected chi connectivity index (χ4v) is 2.72. The molecule has 0 aromatic heterocycles.